The molecule has 0 radical (unpaired) electrons. The average molecular weight is 201 g/mol. The van der Waals surface area contributed by atoms with Gasteiger partial charge in [-0.15, -0.1) is 0 Å². The molecular formula is C13H15NO. The predicted molar refractivity (Wildman–Crippen MR) is 60.5 cm³/mol. The molecule has 1 aromatic rings. The van der Waals surface area contributed by atoms with E-state index in [1.807, 2.05) is 12.1 Å². The van der Waals surface area contributed by atoms with Gasteiger partial charge in [0.1, 0.15) is 6.29 Å². The van der Waals surface area contributed by atoms with Crippen molar-refractivity contribution in [3.8, 4) is 0 Å². The average Bonchev–Trinajstić information content (AvgIpc) is 2.99. The van der Waals surface area contributed by atoms with E-state index in [0.29, 0.717) is 0 Å². The van der Waals surface area contributed by atoms with E-state index in [4.69, 9.17) is 0 Å². The Morgan fingerprint density at radius 2 is 2.27 bits per heavy atom. The van der Waals surface area contributed by atoms with Crippen LogP contribution in [0.5, 0.6) is 0 Å². The van der Waals surface area contributed by atoms with E-state index >= 15 is 0 Å². The molecule has 0 aromatic heterocycles. The number of hydrogen-bond acceptors (Lipinski definition) is 2. The van der Waals surface area contributed by atoms with Crippen LogP contribution in [0.25, 0.3) is 0 Å². The van der Waals surface area contributed by atoms with E-state index in [2.05, 4.69) is 11.0 Å². The molecule has 0 N–H and O–H groups in total. The lowest BCUT2D eigenvalue weighted by molar-refractivity contribution is 0.112. The number of rotatable bonds is 3. The summed E-state index contributed by atoms with van der Waals surface area (Å²) in [6.45, 7) is 2.35. The number of anilines is 1. The van der Waals surface area contributed by atoms with E-state index < -0.39 is 0 Å². The Kier molecular flexibility index (Phi) is 2.01. The van der Waals surface area contributed by atoms with Gasteiger partial charge >= 0.3 is 0 Å². The largest absolute Gasteiger partial charge is 0.371 e. The Morgan fingerprint density at radius 3 is 3.00 bits per heavy atom. The van der Waals surface area contributed by atoms with Crippen LogP contribution in [0.2, 0.25) is 0 Å². The molecule has 1 fully saturated rings. The topological polar surface area (TPSA) is 20.3 Å². The van der Waals surface area contributed by atoms with Crippen LogP contribution in [0.15, 0.2) is 18.2 Å². The van der Waals surface area contributed by atoms with Gasteiger partial charge in [-0.1, -0.05) is 0 Å². The zero-order chi connectivity index (χ0) is 10.3. The zero-order valence-corrected chi connectivity index (χ0v) is 8.78. The normalized spacial score (nSPS) is 19.1. The minimum Gasteiger partial charge on any atom is -0.371 e. The van der Waals surface area contributed by atoms with Crippen LogP contribution in [-0.4, -0.2) is 19.4 Å². The SMILES string of the molecule is O=Cc1ccc2c(c1)CCN2CC1CC1. The van der Waals surface area contributed by atoms with Crippen molar-refractivity contribution < 1.29 is 4.79 Å². The number of benzene rings is 1. The Labute approximate surface area is 89.9 Å². The lowest BCUT2D eigenvalue weighted by Gasteiger charge is -2.18. The number of fused-ring (bicyclic) bond motifs is 1. The number of hydrogen-bond donors (Lipinski definition) is 0. The van der Waals surface area contributed by atoms with Gasteiger partial charge in [0.05, 0.1) is 0 Å². The van der Waals surface area contributed by atoms with Crippen molar-refractivity contribution in [2.24, 2.45) is 5.92 Å². The summed E-state index contributed by atoms with van der Waals surface area (Å²) in [5.74, 6) is 0.932. The molecule has 0 unspecified atom stereocenters. The van der Waals surface area contributed by atoms with Gasteiger partial charge in [0.25, 0.3) is 0 Å². The minimum atomic E-state index is 0.807. The molecule has 2 nitrogen and oxygen atoms in total. The van der Waals surface area contributed by atoms with Crippen LogP contribution in [-0.2, 0) is 6.42 Å². The summed E-state index contributed by atoms with van der Waals surface area (Å²) < 4.78 is 0. The van der Waals surface area contributed by atoms with Crippen molar-refractivity contribution in [2.75, 3.05) is 18.0 Å². The van der Waals surface area contributed by atoms with Gasteiger partial charge in [-0.05, 0) is 48.9 Å². The molecule has 0 atom stereocenters. The first-order valence-corrected chi connectivity index (χ1v) is 5.70. The zero-order valence-electron chi connectivity index (χ0n) is 8.78. The van der Waals surface area contributed by atoms with Gasteiger partial charge < -0.3 is 4.90 Å². The molecule has 0 spiro atoms. The third kappa shape index (κ3) is 1.65. The Balaban J connectivity index is 1.85. The van der Waals surface area contributed by atoms with Crippen molar-refractivity contribution in [2.45, 2.75) is 19.3 Å². The number of aldehydes is 1. The Hall–Kier alpha value is -1.31. The van der Waals surface area contributed by atoms with Crippen molar-refractivity contribution in [1.29, 1.82) is 0 Å². The molecule has 15 heavy (non-hydrogen) atoms. The summed E-state index contributed by atoms with van der Waals surface area (Å²) in [6, 6.07) is 6.07. The number of carbonyl (C=O) groups is 1. The molecule has 1 aliphatic carbocycles. The fourth-order valence-electron chi connectivity index (χ4n) is 2.37. The maximum absolute atomic E-state index is 10.7. The smallest absolute Gasteiger partial charge is 0.150 e. The van der Waals surface area contributed by atoms with E-state index in [-0.39, 0.29) is 0 Å². The molecule has 0 bridgehead atoms. The standard InChI is InChI=1S/C13H15NO/c15-9-11-3-4-13-12(7-11)5-6-14(13)8-10-1-2-10/h3-4,7,9-10H,1-2,5-6,8H2. The first kappa shape index (κ1) is 8.96. The van der Waals surface area contributed by atoms with E-state index in [1.54, 1.807) is 0 Å². The second-order valence-corrected chi connectivity index (χ2v) is 4.65. The molecule has 1 heterocycles. The highest BCUT2D eigenvalue weighted by atomic mass is 16.1. The van der Waals surface area contributed by atoms with Gasteiger partial charge in [0, 0.05) is 24.3 Å². The van der Waals surface area contributed by atoms with Crippen molar-refractivity contribution in [3.63, 3.8) is 0 Å². The van der Waals surface area contributed by atoms with Gasteiger partial charge in [0.15, 0.2) is 0 Å². The number of nitrogens with zero attached hydrogens (tertiary/aromatic N) is 1. The maximum atomic E-state index is 10.7. The first-order chi connectivity index (χ1) is 7.36. The summed E-state index contributed by atoms with van der Waals surface area (Å²) in [7, 11) is 0. The second kappa shape index (κ2) is 3.37. The van der Waals surface area contributed by atoms with Crippen LogP contribution in [0.1, 0.15) is 28.8 Å². The molecule has 0 amide bonds. The van der Waals surface area contributed by atoms with Gasteiger partial charge in [-0.3, -0.25) is 4.79 Å². The van der Waals surface area contributed by atoms with Crippen molar-refractivity contribution in [3.05, 3.63) is 29.3 Å². The highest BCUT2D eigenvalue weighted by molar-refractivity contribution is 5.77. The Morgan fingerprint density at radius 1 is 1.40 bits per heavy atom. The molecule has 2 aliphatic rings. The summed E-state index contributed by atoms with van der Waals surface area (Å²) in [5, 5.41) is 0. The van der Waals surface area contributed by atoms with Crippen LogP contribution in [0, 0.1) is 5.92 Å². The molecule has 2 heteroatoms. The molecule has 0 saturated heterocycles. The van der Waals surface area contributed by atoms with E-state index in [1.165, 1.54) is 30.6 Å². The predicted octanol–water partition coefficient (Wildman–Crippen LogP) is 2.27. The van der Waals surface area contributed by atoms with Crippen LogP contribution in [0.3, 0.4) is 0 Å². The van der Waals surface area contributed by atoms with Gasteiger partial charge in [0.2, 0.25) is 0 Å². The number of carbonyl (C=O) groups excluding carboxylic acids is 1. The van der Waals surface area contributed by atoms with Crippen LogP contribution >= 0.6 is 0 Å². The summed E-state index contributed by atoms with van der Waals surface area (Å²) in [6.07, 6.45) is 4.84. The fraction of sp³-hybridized carbons (Fsp3) is 0.462. The van der Waals surface area contributed by atoms with Crippen molar-refractivity contribution in [1.82, 2.24) is 0 Å². The lowest BCUT2D eigenvalue weighted by Crippen LogP contribution is -2.22. The van der Waals surface area contributed by atoms with Crippen LogP contribution in [0.4, 0.5) is 5.69 Å². The summed E-state index contributed by atoms with van der Waals surface area (Å²) in [5.41, 5.74) is 3.51. The summed E-state index contributed by atoms with van der Waals surface area (Å²) in [4.78, 5) is 13.1. The van der Waals surface area contributed by atoms with Crippen LogP contribution < -0.4 is 4.90 Å². The summed E-state index contributed by atoms with van der Waals surface area (Å²) >= 11 is 0. The second-order valence-electron chi connectivity index (χ2n) is 4.65. The molecule has 1 saturated carbocycles. The molecule has 1 aliphatic heterocycles. The fourth-order valence-corrected chi connectivity index (χ4v) is 2.37. The minimum absolute atomic E-state index is 0.807. The molecule has 3 rings (SSSR count). The maximum Gasteiger partial charge on any atom is 0.150 e. The molecule has 78 valence electrons. The third-order valence-corrected chi connectivity index (χ3v) is 3.41. The monoisotopic (exact) mass is 201 g/mol. The molecule has 1 aromatic carbocycles. The highest BCUT2D eigenvalue weighted by Gasteiger charge is 2.27. The lowest BCUT2D eigenvalue weighted by atomic mass is 10.1. The third-order valence-electron chi connectivity index (χ3n) is 3.41. The van der Waals surface area contributed by atoms with Crippen molar-refractivity contribution >= 4 is 12.0 Å². The first-order valence-electron chi connectivity index (χ1n) is 5.70. The molecular weight excluding hydrogens is 186 g/mol. The van der Waals surface area contributed by atoms with E-state index in [9.17, 15) is 4.79 Å². The van der Waals surface area contributed by atoms with E-state index in [0.717, 1.165) is 30.7 Å². The quantitative estimate of drug-likeness (QED) is 0.699. The Bertz CT molecular complexity index is 396. The van der Waals surface area contributed by atoms with Gasteiger partial charge in [-0.25, -0.2) is 0 Å². The highest BCUT2D eigenvalue weighted by Crippen LogP contribution is 2.35. The van der Waals surface area contributed by atoms with Gasteiger partial charge in [-0.2, -0.15) is 0 Å².